The van der Waals surface area contributed by atoms with E-state index in [0.29, 0.717) is 18.2 Å². The molecule has 1 aliphatic carbocycles. The first-order valence-electron chi connectivity index (χ1n) is 7.51. The predicted molar refractivity (Wildman–Crippen MR) is 82.9 cm³/mol. The van der Waals surface area contributed by atoms with Gasteiger partial charge in [-0.1, -0.05) is 24.3 Å². The maximum Gasteiger partial charge on any atom is 0.131 e. The van der Waals surface area contributed by atoms with Gasteiger partial charge in [0.1, 0.15) is 11.6 Å². The average molecular weight is 285 g/mol. The number of rotatable bonds is 6. The summed E-state index contributed by atoms with van der Waals surface area (Å²) in [5.41, 5.74) is 2.45. The van der Waals surface area contributed by atoms with Crippen molar-refractivity contribution < 1.29 is 9.13 Å². The van der Waals surface area contributed by atoms with E-state index in [2.05, 4.69) is 5.32 Å². The van der Waals surface area contributed by atoms with Crippen LogP contribution in [-0.4, -0.2) is 12.6 Å². The fourth-order valence-corrected chi connectivity index (χ4v) is 2.37. The van der Waals surface area contributed by atoms with Crippen molar-refractivity contribution in [1.29, 1.82) is 0 Å². The molecule has 21 heavy (non-hydrogen) atoms. The molecule has 0 spiro atoms. The molecule has 110 valence electrons. The number of nitrogens with one attached hydrogen (secondary N) is 1. The maximum atomic E-state index is 14.3. The highest BCUT2D eigenvalue weighted by atomic mass is 19.1. The van der Waals surface area contributed by atoms with E-state index < -0.39 is 0 Å². The molecule has 3 rings (SSSR count). The van der Waals surface area contributed by atoms with Crippen molar-refractivity contribution in [3.63, 3.8) is 0 Å². The fourth-order valence-electron chi connectivity index (χ4n) is 2.37. The Balaban J connectivity index is 1.79. The van der Waals surface area contributed by atoms with Gasteiger partial charge in [-0.05, 0) is 49.1 Å². The highest BCUT2D eigenvalue weighted by molar-refractivity contribution is 5.66. The van der Waals surface area contributed by atoms with Crippen LogP contribution in [0.25, 0.3) is 11.1 Å². The minimum absolute atomic E-state index is 0.182. The van der Waals surface area contributed by atoms with Gasteiger partial charge in [0.2, 0.25) is 0 Å². The van der Waals surface area contributed by atoms with E-state index in [9.17, 15) is 4.39 Å². The standard InChI is InChI=1S/C18H20FNO/c1-2-21-16-5-3-4-14(11-16)17-9-6-13(10-18(17)19)12-20-15-7-8-15/h3-6,9-11,15,20H,2,7-8,12H2,1H3. The molecule has 0 aromatic heterocycles. The molecule has 0 aliphatic heterocycles. The van der Waals surface area contributed by atoms with Crippen LogP contribution in [0.5, 0.6) is 5.75 Å². The summed E-state index contributed by atoms with van der Waals surface area (Å²) in [6.45, 7) is 3.29. The van der Waals surface area contributed by atoms with Crippen molar-refractivity contribution in [3.05, 3.63) is 53.8 Å². The smallest absolute Gasteiger partial charge is 0.131 e. The van der Waals surface area contributed by atoms with E-state index in [1.54, 1.807) is 6.07 Å². The first-order valence-corrected chi connectivity index (χ1v) is 7.51. The Bertz CT molecular complexity index is 622. The molecule has 0 radical (unpaired) electrons. The van der Waals surface area contributed by atoms with Gasteiger partial charge < -0.3 is 10.1 Å². The van der Waals surface area contributed by atoms with Crippen LogP contribution >= 0.6 is 0 Å². The predicted octanol–water partition coefficient (Wildman–Crippen LogP) is 4.14. The summed E-state index contributed by atoms with van der Waals surface area (Å²) in [6, 6.07) is 13.7. The Hall–Kier alpha value is -1.87. The summed E-state index contributed by atoms with van der Waals surface area (Å²) in [6.07, 6.45) is 2.48. The van der Waals surface area contributed by atoms with Crippen LogP contribution in [0.15, 0.2) is 42.5 Å². The summed E-state index contributed by atoms with van der Waals surface area (Å²) in [5.74, 6) is 0.590. The Morgan fingerprint density at radius 1 is 1.19 bits per heavy atom. The van der Waals surface area contributed by atoms with Crippen molar-refractivity contribution in [2.75, 3.05) is 6.61 Å². The number of benzene rings is 2. The molecule has 2 aromatic carbocycles. The molecule has 3 heteroatoms. The lowest BCUT2D eigenvalue weighted by Gasteiger charge is -2.09. The molecule has 1 N–H and O–H groups in total. The van der Waals surface area contributed by atoms with E-state index in [0.717, 1.165) is 23.4 Å². The normalized spacial score (nSPS) is 14.2. The highest BCUT2D eigenvalue weighted by Crippen LogP contribution is 2.27. The minimum atomic E-state index is -0.182. The zero-order valence-electron chi connectivity index (χ0n) is 12.2. The second kappa shape index (κ2) is 6.27. The van der Waals surface area contributed by atoms with E-state index in [1.807, 2.05) is 43.3 Å². The lowest BCUT2D eigenvalue weighted by atomic mass is 10.0. The van der Waals surface area contributed by atoms with Gasteiger partial charge in [-0.2, -0.15) is 0 Å². The molecular weight excluding hydrogens is 265 g/mol. The quantitative estimate of drug-likeness (QED) is 0.861. The molecule has 0 heterocycles. The number of hydrogen-bond acceptors (Lipinski definition) is 2. The second-order valence-electron chi connectivity index (χ2n) is 5.43. The summed E-state index contributed by atoms with van der Waals surface area (Å²) < 4.78 is 19.8. The average Bonchev–Trinajstić information content (AvgIpc) is 3.30. The maximum absolute atomic E-state index is 14.3. The van der Waals surface area contributed by atoms with Crippen LogP contribution < -0.4 is 10.1 Å². The van der Waals surface area contributed by atoms with Crippen LogP contribution in [-0.2, 0) is 6.54 Å². The van der Waals surface area contributed by atoms with Gasteiger partial charge in [-0.25, -0.2) is 4.39 Å². The zero-order valence-corrected chi connectivity index (χ0v) is 12.2. The van der Waals surface area contributed by atoms with Gasteiger partial charge in [0.15, 0.2) is 0 Å². The molecular formula is C18H20FNO. The van der Waals surface area contributed by atoms with Crippen LogP contribution in [0.4, 0.5) is 4.39 Å². The van der Waals surface area contributed by atoms with Crippen LogP contribution in [0.3, 0.4) is 0 Å². The van der Waals surface area contributed by atoms with E-state index in [-0.39, 0.29) is 5.82 Å². The third-order valence-corrected chi connectivity index (χ3v) is 3.66. The first-order chi connectivity index (χ1) is 10.3. The summed E-state index contributed by atoms with van der Waals surface area (Å²) in [7, 11) is 0. The summed E-state index contributed by atoms with van der Waals surface area (Å²) in [4.78, 5) is 0. The second-order valence-corrected chi connectivity index (χ2v) is 5.43. The SMILES string of the molecule is CCOc1cccc(-c2ccc(CNC3CC3)cc2F)c1. The molecule has 0 bridgehead atoms. The number of ether oxygens (including phenoxy) is 1. The minimum Gasteiger partial charge on any atom is -0.494 e. The molecule has 1 fully saturated rings. The van der Waals surface area contributed by atoms with Crippen molar-refractivity contribution in [3.8, 4) is 16.9 Å². The van der Waals surface area contributed by atoms with Gasteiger partial charge in [0.05, 0.1) is 6.61 Å². The van der Waals surface area contributed by atoms with Gasteiger partial charge in [0.25, 0.3) is 0 Å². The lowest BCUT2D eigenvalue weighted by Crippen LogP contribution is -2.15. The third kappa shape index (κ3) is 3.61. The van der Waals surface area contributed by atoms with E-state index >= 15 is 0 Å². The number of halogens is 1. The first kappa shape index (κ1) is 14.1. The Kier molecular flexibility index (Phi) is 4.20. The zero-order chi connectivity index (χ0) is 14.7. The van der Waals surface area contributed by atoms with Gasteiger partial charge >= 0.3 is 0 Å². The molecule has 1 aliphatic rings. The van der Waals surface area contributed by atoms with Crippen molar-refractivity contribution in [2.45, 2.75) is 32.4 Å². The van der Waals surface area contributed by atoms with Gasteiger partial charge in [0, 0.05) is 18.2 Å². The molecule has 0 unspecified atom stereocenters. The summed E-state index contributed by atoms with van der Waals surface area (Å²) >= 11 is 0. The van der Waals surface area contributed by atoms with Crippen LogP contribution in [0.2, 0.25) is 0 Å². The van der Waals surface area contributed by atoms with Gasteiger partial charge in [-0.15, -0.1) is 0 Å². The lowest BCUT2D eigenvalue weighted by molar-refractivity contribution is 0.340. The highest BCUT2D eigenvalue weighted by Gasteiger charge is 2.20. The number of hydrogen-bond donors (Lipinski definition) is 1. The Morgan fingerprint density at radius 3 is 2.76 bits per heavy atom. The monoisotopic (exact) mass is 285 g/mol. The molecule has 2 nitrogen and oxygen atoms in total. The molecule has 0 amide bonds. The van der Waals surface area contributed by atoms with E-state index in [4.69, 9.17) is 4.74 Å². The topological polar surface area (TPSA) is 21.3 Å². The van der Waals surface area contributed by atoms with Crippen molar-refractivity contribution in [2.24, 2.45) is 0 Å². The summed E-state index contributed by atoms with van der Waals surface area (Å²) in [5, 5.41) is 3.40. The van der Waals surface area contributed by atoms with Crippen LogP contribution in [0, 0.1) is 5.82 Å². The van der Waals surface area contributed by atoms with Gasteiger partial charge in [-0.3, -0.25) is 0 Å². The van der Waals surface area contributed by atoms with Crippen LogP contribution in [0.1, 0.15) is 25.3 Å². The molecule has 1 saturated carbocycles. The van der Waals surface area contributed by atoms with E-state index in [1.165, 1.54) is 12.8 Å². The molecule has 0 atom stereocenters. The molecule has 0 saturated heterocycles. The Morgan fingerprint density at radius 2 is 2.05 bits per heavy atom. The third-order valence-electron chi connectivity index (χ3n) is 3.66. The van der Waals surface area contributed by atoms with Crippen molar-refractivity contribution >= 4 is 0 Å². The Labute approximate surface area is 125 Å². The molecule has 2 aromatic rings. The largest absolute Gasteiger partial charge is 0.494 e. The van der Waals surface area contributed by atoms with Crippen molar-refractivity contribution in [1.82, 2.24) is 5.32 Å². The fraction of sp³-hybridized carbons (Fsp3) is 0.333.